The molecule has 0 radical (unpaired) electrons. The Hall–Kier alpha value is -0.810. The highest BCUT2D eigenvalue weighted by molar-refractivity contribution is 6.17. The molecule has 0 atom stereocenters. The van der Waals surface area contributed by atoms with Gasteiger partial charge in [0.2, 0.25) is 0 Å². The molecule has 2 fully saturated rings. The standard InChI is InChI=1S/C14H23ClN2O3/c15-8-10-20-11-9-17-12(18)14(16-13(17)19)6-4-2-1-3-5-7-14/h1-11H2,(H,16,19). The summed E-state index contributed by atoms with van der Waals surface area (Å²) in [6.07, 6.45) is 7.04. The molecule has 1 N–H and O–H groups in total. The van der Waals surface area contributed by atoms with Gasteiger partial charge < -0.3 is 10.1 Å². The molecule has 2 aliphatic rings. The van der Waals surface area contributed by atoms with E-state index in [0.717, 1.165) is 38.5 Å². The number of nitrogens with one attached hydrogen (secondary N) is 1. The zero-order valence-corrected chi connectivity index (χ0v) is 12.6. The van der Waals surface area contributed by atoms with Crippen molar-refractivity contribution in [2.45, 2.75) is 50.5 Å². The number of alkyl halides is 1. The summed E-state index contributed by atoms with van der Waals surface area (Å²) in [6.45, 7) is 1.10. The molecular formula is C14H23ClN2O3. The molecule has 20 heavy (non-hydrogen) atoms. The first kappa shape index (κ1) is 15.6. The highest BCUT2D eigenvalue weighted by Gasteiger charge is 2.50. The van der Waals surface area contributed by atoms with Crippen LogP contribution in [0.15, 0.2) is 0 Å². The van der Waals surface area contributed by atoms with Gasteiger partial charge >= 0.3 is 6.03 Å². The monoisotopic (exact) mass is 302 g/mol. The summed E-state index contributed by atoms with van der Waals surface area (Å²) in [5.41, 5.74) is -0.649. The Morgan fingerprint density at radius 2 is 1.75 bits per heavy atom. The first-order valence-electron chi connectivity index (χ1n) is 7.47. The van der Waals surface area contributed by atoms with Crippen LogP contribution < -0.4 is 5.32 Å². The Balaban J connectivity index is 1.95. The second-order valence-corrected chi connectivity index (χ2v) is 5.92. The highest BCUT2D eigenvalue weighted by atomic mass is 35.5. The number of carbonyl (C=O) groups is 2. The third kappa shape index (κ3) is 3.44. The van der Waals surface area contributed by atoms with Crippen molar-refractivity contribution in [2.75, 3.05) is 25.6 Å². The van der Waals surface area contributed by atoms with Crippen LogP contribution in [0.1, 0.15) is 44.9 Å². The van der Waals surface area contributed by atoms with Gasteiger partial charge in [0.25, 0.3) is 5.91 Å². The normalized spacial score (nSPS) is 22.8. The predicted molar refractivity (Wildman–Crippen MR) is 76.8 cm³/mol. The number of rotatable bonds is 5. The second kappa shape index (κ2) is 7.27. The van der Waals surface area contributed by atoms with Crippen LogP contribution in [0.25, 0.3) is 0 Å². The fourth-order valence-electron chi connectivity index (χ4n) is 3.04. The molecule has 1 aliphatic carbocycles. The zero-order valence-electron chi connectivity index (χ0n) is 11.8. The Morgan fingerprint density at radius 1 is 1.10 bits per heavy atom. The molecular weight excluding hydrogens is 280 g/mol. The fraction of sp³-hybridized carbons (Fsp3) is 0.857. The van der Waals surface area contributed by atoms with Gasteiger partial charge in [0, 0.05) is 5.88 Å². The van der Waals surface area contributed by atoms with Gasteiger partial charge in [0.15, 0.2) is 0 Å². The lowest BCUT2D eigenvalue weighted by Crippen LogP contribution is -2.47. The minimum atomic E-state index is -0.649. The number of carbonyl (C=O) groups excluding carboxylic acids is 2. The molecule has 0 unspecified atom stereocenters. The first-order chi connectivity index (χ1) is 9.69. The van der Waals surface area contributed by atoms with Crippen LogP contribution in [0, 0.1) is 0 Å². The number of halogens is 1. The van der Waals surface area contributed by atoms with E-state index >= 15 is 0 Å². The Kier molecular flexibility index (Phi) is 5.66. The molecule has 0 aromatic carbocycles. The number of nitrogens with zero attached hydrogens (tertiary/aromatic N) is 1. The van der Waals surface area contributed by atoms with E-state index in [0.29, 0.717) is 25.6 Å². The summed E-state index contributed by atoms with van der Waals surface area (Å²) in [6, 6.07) is -0.273. The van der Waals surface area contributed by atoms with E-state index in [1.54, 1.807) is 0 Å². The number of hydrogen-bond acceptors (Lipinski definition) is 3. The smallest absolute Gasteiger partial charge is 0.325 e. The van der Waals surface area contributed by atoms with Crippen LogP contribution in [-0.2, 0) is 9.53 Å². The molecule has 3 amide bonds. The van der Waals surface area contributed by atoms with Crippen LogP contribution in [-0.4, -0.2) is 48.0 Å². The van der Waals surface area contributed by atoms with Crippen LogP contribution in [0.3, 0.4) is 0 Å². The molecule has 1 saturated heterocycles. The molecule has 1 aliphatic heterocycles. The molecule has 0 aromatic rings. The summed E-state index contributed by atoms with van der Waals surface area (Å²) in [5.74, 6) is 0.350. The van der Waals surface area contributed by atoms with Gasteiger partial charge in [-0.15, -0.1) is 11.6 Å². The van der Waals surface area contributed by atoms with Gasteiger partial charge in [0.1, 0.15) is 5.54 Å². The molecule has 1 heterocycles. The molecule has 0 bridgehead atoms. The molecule has 0 aromatic heterocycles. The third-order valence-corrected chi connectivity index (χ3v) is 4.29. The van der Waals surface area contributed by atoms with Crippen LogP contribution in [0.4, 0.5) is 4.79 Å². The molecule has 114 valence electrons. The molecule has 1 spiro atoms. The summed E-state index contributed by atoms with van der Waals surface area (Å²) in [7, 11) is 0. The van der Waals surface area contributed by atoms with Crippen molar-refractivity contribution >= 4 is 23.5 Å². The highest BCUT2D eigenvalue weighted by Crippen LogP contribution is 2.31. The maximum Gasteiger partial charge on any atom is 0.325 e. The van der Waals surface area contributed by atoms with Gasteiger partial charge in [-0.1, -0.05) is 32.1 Å². The number of amides is 3. The van der Waals surface area contributed by atoms with Crippen molar-refractivity contribution in [3.63, 3.8) is 0 Å². The maximum atomic E-state index is 12.6. The summed E-state index contributed by atoms with van der Waals surface area (Å²) in [4.78, 5) is 25.9. The number of urea groups is 1. The lowest BCUT2D eigenvalue weighted by molar-refractivity contribution is -0.132. The van der Waals surface area contributed by atoms with Crippen molar-refractivity contribution < 1.29 is 14.3 Å². The minimum Gasteiger partial charge on any atom is -0.378 e. The number of ether oxygens (including phenoxy) is 1. The van der Waals surface area contributed by atoms with Crippen molar-refractivity contribution in [2.24, 2.45) is 0 Å². The predicted octanol–water partition coefficient (Wildman–Crippen LogP) is 2.28. The number of imide groups is 1. The average molecular weight is 303 g/mol. The maximum absolute atomic E-state index is 12.6. The van der Waals surface area contributed by atoms with E-state index in [2.05, 4.69) is 5.32 Å². The van der Waals surface area contributed by atoms with Gasteiger partial charge in [-0.3, -0.25) is 9.69 Å². The molecule has 1 saturated carbocycles. The Labute approximate surface area is 125 Å². The van der Waals surface area contributed by atoms with Crippen LogP contribution >= 0.6 is 11.6 Å². The first-order valence-corrected chi connectivity index (χ1v) is 8.01. The summed E-state index contributed by atoms with van der Waals surface area (Å²) in [5, 5.41) is 2.93. The topological polar surface area (TPSA) is 58.6 Å². The van der Waals surface area contributed by atoms with Crippen molar-refractivity contribution in [1.29, 1.82) is 0 Å². The molecule has 2 rings (SSSR count). The van der Waals surface area contributed by atoms with E-state index in [1.165, 1.54) is 11.3 Å². The zero-order chi connectivity index (χ0) is 14.4. The minimum absolute atomic E-state index is 0.0705. The van der Waals surface area contributed by atoms with Crippen molar-refractivity contribution in [3.05, 3.63) is 0 Å². The van der Waals surface area contributed by atoms with Crippen molar-refractivity contribution in [1.82, 2.24) is 10.2 Å². The quantitative estimate of drug-likeness (QED) is 0.481. The second-order valence-electron chi connectivity index (χ2n) is 5.54. The third-order valence-electron chi connectivity index (χ3n) is 4.13. The summed E-state index contributed by atoms with van der Waals surface area (Å²) < 4.78 is 5.26. The van der Waals surface area contributed by atoms with Gasteiger partial charge in [0.05, 0.1) is 19.8 Å². The largest absolute Gasteiger partial charge is 0.378 e. The van der Waals surface area contributed by atoms with Gasteiger partial charge in [-0.25, -0.2) is 4.79 Å². The lowest BCUT2D eigenvalue weighted by atomic mass is 9.84. The Morgan fingerprint density at radius 3 is 2.40 bits per heavy atom. The lowest BCUT2D eigenvalue weighted by Gasteiger charge is -2.28. The van der Waals surface area contributed by atoms with E-state index in [9.17, 15) is 9.59 Å². The summed E-state index contributed by atoms with van der Waals surface area (Å²) >= 11 is 5.52. The SMILES string of the molecule is O=C1NC2(CCCCCCC2)C(=O)N1CCOCCCl. The van der Waals surface area contributed by atoms with Gasteiger partial charge in [-0.05, 0) is 12.8 Å². The van der Waals surface area contributed by atoms with E-state index in [-0.39, 0.29) is 11.9 Å². The van der Waals surface area contributed by atoms with Gasteiger partial charge in [-0.2, -0.15) is 0 Å². The van der Waals surface area contributed by atoms with Crippen molar-refractivity contribution in [3.8, 4) is 0 Å². The van der Waals surface area contributed by atoms with E-state index in [4.69, 9.17) is 16.3 Å². The number of hydrogen-bond donors (Lipinski definition) is 1. The Bertz CT molecular complexity index is 354. The van der Waals surface area contributed by atoms with E-state index in [1.807, 2.05) is 0 Å². The average Bonchev–Trinajstić information content (AvgIpc) is 2.63. The molecule has 5 nitrogen and oxygen atoms in total. The van der Waals surface area contributed by atoms with E-state index < -0.39 is 5.54 Å². The molecule has 6 heteroatoms. The van der Waals surface area contributed by atoms with Crippen LogP contribution in [0.5, 0.6) is 0 Å². The fourth-order valence-corrected chi connectivity index (χ4v) is 3.15. The van der Waals surface area contributed by atoms with Crippen LogP contribution in [0.2, 0.25) is 0 Å².